The van der Waals surface area contributed by atoms with Crippen molar-refractivity contribution < 1.29 is 27.8 Å². The molecule has 2 aliphatic carbocycles. The van der Waals surface area contributed by atoms with E-state index in [1.54, 1.807) is 13.2 Å². The largest absolute Gasteiger partial charge is 0.478 e. The highest BCUT2D eigenvalue weighted by Gasteiger charge is 2.37. The van der Waals surface area contributed by atoms with Gasteiger partial charge in [0.05, 0.1) is 17.2 Å². The van der Waals surface area contributed by atoms with Gasteiger partial charge in [0.15, 0.2) is 0 Å². The van der Waals surface area contributed by atoms with Crippen molar-refractivity contribution in [2.75, 3.05) is 7.11 Å². The number of rotatable bonds is 4. The molecule has 1 heterocycles. The number of hydrogen-bond donors (Lipinski definition) is 1. The van der Waals surface area contributed by atoms with Gasteiger partial charge in [-0.15, -0.1) is 11.3 Å². The lowest BCUT2D eigenvalue weighted by Crippen LogP contribution is -2.22. The van der Waals surface area contributed by atoms with E-state index in [0.29, 0.717) is 16.9 Å². The minimum atomic E-state index is -4.49. The van der Waals surface area contributed by atoms with Gasteiger partial charge in [-0.2, -0.15) is 13.2 Å². The molecule has 1 N–H and O–H groups in total. The van der Waals surface area contributed by atoms with Crippen LogP contribution in [0.3, 0.4) is 0 Å². The number of fused-ring (bicyclic) bond motifs is 1. The summed E-state index contributed by atoms with van der Waals surface area (Å²) in [6.07, 6.45) is 0.319. The lowest BCUT2D eigenvalue weighted by Gasteiger charge is -2.29. The summed E-state index contributed by atoms with van der Waals surface area (Å²) in [5, 5.41) is 10.1. The standard InChI is InChI=1S/C24H27F3O3S/c1-23(2)9-8-19-18(12-23)20(22(28)29)21(31-19)17-11-14(24(25,26)27)5-7-16(17)13-4-6-15(10-13)30-3/h5,7,11,13,15H,4,6,8-10,12H2,1-3H3,(H,28,29)/t13?,15-/m1/s1. The number of carbonyl (C=O) groups is 1. The van der Waals surface area contributed by atoms with Crippen LogP contribution < -0.4 is 0 Å². The summed E-state index contributed by atoms with van der Waals surface area (Å²) < 4.78 is 46.2. The first-order valence-corrected chi connectivity index (χ1v) is 11.4. The Kier molecular flexibility index (Phi) is 5.71. The van der Waals surface area contributed by atoms with Gasteiger partial charge < -0.3 is 9.84 Å². The van der Waals surface area contributed by atoms with Gasteiger partial charge >= 0.3 is 12.1 Å². The number of carboxylic acids is 1. The van der Waals surface area contributed by atoms with Crippen LogP contribution in [0, 0.1) is 5.41 Å². The summed E-state index contributed by atoms with van der Waals surface area (Å²) in [6, 6.07) is 3.83. The molecule has 7 heteroatoms. The second kappa shape index (κ2) is 7.93. The minimum Gasteiger partial charge on any atom is -0.478 e. The minimum absolute atomic E-state index is 0.0245. The lowest BCUT2D eigenvalue weighted by molar-refractivity contribution is -0.137. The molecule has 168 valence electrons. The van der Waals surface area contributed by atoms with Gasteiger partial charge in [-0.1, -0.05) is 19.9 Å². The highest BCUT2D eigenvalue weighted by molar-refractivity contribution is 7.16. The topological polar surface area (TPSA) is 46.5 Å². The molecule has 0 radical (unpaired) electrons. The number of methoxy groups -OCH3 is 1. The molecule has 3 nitrogen and oxygen atoms in total. The molecule has 1 aromatic carbocycles. The van der Waals surface area contributed by atoms with Gasteiger partial charge in [0.1, 0.15) is 0 Å². The third-order valence-corrected chi connectivity index (χ3v) is 8.10. The van der Waals surface area contributed by atoms with Crippen molar-refractivity contribution >= 4 is 17.3 Å². The zero-order valence-electron chi connectivity index (χ0n) is 17.9. The molecule has 0 bridgehead atoms. The zero-order chi connectivity index (χ0) is 22.6. The molecule has 2 aliphatic rings. The molecule has 4 rings (SSSR count). The first-order chi connectivity index (χ1) is 14.5. The molecule has 1 aromatic heterocycles. The normalized spacial score (nSPS) is 23.0. The fraction of sp³-hybridized carbons (Fsp3) is 0.542. The fourth-order valence-electron chi connectivity index (χ4n) is 5.06. The van der Waals surface area contributed by atoms with Crippen LogP contribution in [0.25, 0.3) is 10.4 Å². The molecule has 31 heavy (non-hydrogen) atoms. The van der Waals surface area contributed by atoms with Crippen molar-refractivity contribution in [1.29, 1.82) is 0 Å². The van der Waals surface area contributed by atoms with E-state index in [2.05, 4.69) is 13.8 Å². The Balaban J connectivity index is 1.90. The monoisotopic (exact) mass is 452 g/mol. The van der Waals surface area contributed by atoms with Gasteiger partial charge in [0.2, 0.25) is 0 Å². The van der Waals surface area contributed by atoms with E-state index in [-0.39, 0.29) is 23.0 Å². The van der Waals surface area contributed by atoms with Crippen LogP contribution in [-0.4, -0.2) is 24.3 Å². The highest BCUT2D eigenvalue weighted by Crippen LogP contribution is 2.49. The number of halogens is 3. The van der Waals surface area contributed by atoms with E-state index in [4.69, 9.17) is 4.74 Å². The lowest BCUT2D eigenvalue weighted by atomic mass is 9.75. The van der Waals surface area contributed by atoms with E-state index in [9.17, 15) is 23.1 Å². The Hall–Kier alpha value is -1.86. The smallest absolute Gasteiger partial charge is 0.416 e. The van der Waals surface area contributed by atoms with Crippen molar-refractivity contribution in [2.45, 2.75) is 70.6 Å². The second-order valence-corrected chi connectivity index (χ2v) is 10.6. The van der Waals surface area contributed by atoms with E-state index in [1.165, 1.54) is 11.3 Å². The summed E-state index contributed by atoms with van der Waals surface area (Å²) in [5.74, 6) is -1.01. The Bertz CT molecular complexity index is 1010. The van der Waals surface area contributed by atoms with Crippen LogP contribution in [0.5, 0.6) is 0 Å². The number of aromatic carboxylic acids is 1. The van der Waals surface area contributed by atoms with Gasteiger partial charge in [0.25, 0.3) is 0 Å². The van der Waals surface area contributed by atoms with Crippen molar-refractivity contribution in [3.05, 3.63) is 45.3 Å². The molecule has 1 saturated carbocycles. The zero-order valence-corrected chi connectivity index (χ0v) is 18.8. The predicted molar refractivity (Wildman–Crippen MR) is 115 cm³/mol. The third-order valence-electron chi connectivity index (χ3n) is 6.77. The SMILES string of the molecule is CO[C@@H]1CCC(c2ccc(C(F)(F)F)cc2-c2sc3c(c2C(=O)O)CC(C)(C)CC3)C1. The molecule has 0 aliphatic heterocycles. The summed E-state index contributed by atoms with van der Waals surface area (Å²) in [6.45, 7) is 4.22. The predicted octanol–water partition coefficient (Wildman–Crippen LogP) is 6.93. The number of aryl methyl sites for hydroxylation is 1. The van der Waals surface area contributed by atoms with Crippen LogP contribution in [0.4, 0.5) is 13.2 Å². The van der Waals surface area contributed by atoms with Gasteiger partial charge in [-0.3, -0.25) is 0 Å². The van der Waals surface area contributed by atoms with E-state index in [1.807, 2.05) is 0 Å². The Morgan fingerprint density at radius 3 is 2.61 bits per heavy atom. The summed E-state index contributed by atoms with van der Waals surface area (Å²) in [5.41, 5.74) is 1.45. The summed E-state index contributed by atoms with van der Waals surface area (Å²) >= 11 is 1.36. The number of hydrogen-bond acceptors (Lipinski definition) is 3. The van der Waals surface area contributed by atoms with Gasteiger partial charge in [-0.05, 0) is 78.7 Å². The highest BCUT2D eigenvalue weighted by atomic mass is 32.1. The maximum Gasteiger partial charge on any atom is 0.416 e. The number of benzene rings is 1. The van der Waals surface area contributed by atoms with Crippen molar-refractivity contribution in [3.63, 3.8) is 0 Å². The molecular formula is C24H27F3O3S. The van der Waals surface area contributed by atoms with Crippen LogP contribution in [-0.2, 0) is 23.8 Å². The summed E-state index contributed by atoms with van der Waals surface area (Å²) in [4.78, 5) is 13.8. The second-order valence-electron chi connectivity index (χ2n) is 9.52. The van der Waals surface area contributed by atoms with Crippen LogP contribution >= 0.6 is 11.3 Å². The number of alkyl halides is 3. The van der Waals surface area contributed by atoms with Crippen molar-refractivity contribution in [1.82, 2.24) is 0 Å². The first kappa shape index (κ1) is 22.3. The maximum atomic E-state index is 13.6. The molecule has 0 saturated heterocycles. The number of carboxylic acid groups (broad SMARTS) is 1. The van der Waals surface area contributed by atoms with Crippen LogP contribution in [0.15, 0.2) is 18.2 Å². The Labute approximate surface area is 184 Å². The molecule has 1 unspecified atom stereocenters. The van der Waals surface area contributed by atoms with Crippen LogP contribution in [0.1, 0.15) is 77.4 Å². The van der Waals surface area contributed by atoms with Crippen molar-refractivity contribution in [2.24, 2.45) is 5.41 Å². The molecule has 2 aromatic rings. The van der Waals surface area contributed by atoms with Gasteiger partial charge in [-0.25, -0.2) is 4.79 Å². The Morgan fingerprint density at radius 1 is 1.26 bits per heavy atom. The summed E-state index contributed by atoms with van der Waals surface area (Å²) in [7, 11) is 1.65. The number of thiophene rings is 1. The average molecular weight is 453 g/mol. The van der Waals surface area contributed by atoms with Crippen molar-refractivity contribution in [3.8, 4) is 10.4 Å². The van der Waals surface area contributed by atoms with E-state index >= 15 is 0 Å². The molecule has 0 amide bonds. The Morgan fingerprint density at radius 2 is 2.00 bits per heavy atom. The molecule has 0 spiro atoms. The molecule has 2 atom stereocenters. The quantitative estimate of drug-likeness (QED) is 0.547. The molecule has 1 fully saturated rings. The maximum absolute atomic E-state index is 13.6. The van der Waals surface area contributed by atoms with Crippen LogP contribution in [0.2, 0.25) is 0 Å². The average Bonchev–Trinajstić information content (AvgIpc) is 3.30. The van der Waals surface area contributed by atoms with E-state index < -0.39 is 17.7 Å². The fourth-order valence-corrected chi connectivity index (χ4v) is 6.41. The third kappa shape index (κ3) is 4.27. The van der Waals surface area contributed by atoms with Gasteiger partial charge in [0, 0.05) is 16.9 Å². The molecular weight excluding hydrogens is 425 g/mol. The van der Waals surface area contributed by atoms with E-state index in [0.717, 1.165) is 60.2 Å². The first-order valence-electron chi connectivity index (χ1n) is 10.6. The number of ether oxygens (including phenoxy) is 1.